The van der Waals surface area contributed by atoms with Crippen LogP contribution in [0.15, 0.2) is 28.3 Å². The predicted octanol–water partition coefficient (Wildman–Crippen LogP) is 2.34. The van der Waals surface area contributed by atoms with E-state index >= 15 is 0 Å². The number of nitrogens with zero attached hydrogens (tertiary/aromatic N) is 2. The molecule has 2 aromatic rings. The molecular formula is C14H14N2O4S. The molecule has 110 valence electrons. The highest BCUT2D eigenvalue weighted by Gasteiger charge is 2.31. The zero-order chi connectivity index (χ0) is 14.8. The first-order chi connectivity index (χ1) is 10.2. The first-order valence-corrected chi connectivity index (χ1v) is 7.54. The third kappa shape index (κ3) is 2.69. The predicted molar refractivity (Wildman–Crippen MR) is 76.1 cm³/mol. The molecule has 1 saturated heterocycles. The Bertz CT molecular complexity index is 650. The van der Waals surface area contributed by atoms with E-state index in [2.05, 4.69) is 4.98 Å². The molecule has 21 heavy (non-hydrogen) atoms. The SMILES string of the molecule is O=C(O)[C@H]1CCCN(C(=O)c2ncoc2-c2cccs2)C1. The Kier molecular flexibility index (Phi) is 3.74. The normalized spacial score (nSPS) is 18.7. The molecule has 1 N–H and O–H groups in total. The van der Waals surface area contributed by atoms with Crippen molar-refractivity contribution in [3.05, 3.63) is 29.6 Å². The van der Waals surface area contributed by atoms with Crippen molar-refractivity contribution in [1.29, 1.82) is 0 Å². The van der Waals surface area contributed by atoms with Gasteiger partial charge in [-0.2, -0.15) is 0 Å². The Morgan fingerprint density at radius 1 is 1.48 bits per heavy atom. The van der Waals surface area contributed by atoms with Crippen LogP contribution in [0.4, 0.5) is 0 Å². The van der Waals surface area contributed by atoms with Crippen molar-refractivity contribution in [1.82, 2.24) is 9.88 Å². The first-order valence-electron chi connectivity index (χ1n) is 6.66. The van der Waals surface area contributed by atoms with E-state index in [0.717, 1.165) is 4.88 Å². The van der Waals surface area contributed by atoms with E-state index in [-0.39, 0.29) is 18.1 Å². The number of aromatic nitrogens is 1. The Morgan fingerprint density at radius 2 is 2.33 bits per heavy atom. The molecule has 0 unspecified atom stereocenters. The van der Waals surface area contributed by atoms with Gasteiger partial charge < -0.3 is 14.4 Å². The second-order valence-electron chi connectivity index (χ2n) is 4.94. The number of carboxylic acids is 1. The maximum absolute atomic E-state index is 12.6. The van der Waals surface area contributed by atoms with Crippen LogP contribution in [-0.2, 0) is 4.79 Å². The minimum absolute atomic E-state index is 0.227. The van der Waals surface area contributed by atoms with E-state index in [0.29, 0.717) is 25.1 Å². The number of amides is 1. The van der Waals surface area contributed by atoms with E-state index in [1.54, 1.807) is 4.90 Å². The number of likely N-dealkylation sites (tertiary alicyclic amines) is 1. The molecule has 2 aromatic heterocycles. The van der Waals surface area contributed by atoms with Crippen molar-refractivity contribution in [3.63, 3.8) is 0 Å². The van der Waals surface area contributed by atoms with Crippen LogP contribution in [0.25, 0.3) is 10.6 Å². The molecule has 3 rings (SSSR count). The highest BCUT2D eigenvalue weighted by atomic mass is 32.1. The van der Waals surface area contributed by atoms with Gasteiger partial charge in [-0.3, -0.25) is 9.59 Å². The molecule has 1 atom stereocenters. The van der Waals surface area contributed by atoms with Crippen LogP contribution in [0, 0.1) is 5.92 Å². The second kappa shape index (κ2) is 5.69. The number of carboxylic acid groups (broad SMARTS) is 1. The van der Waals surface area contributed by atoms with Gasteiger partial charge in [-0.25, -0.2) is 4.98 Å². The van der Waals surface area contributed by atoms with Crippen molar-refractivity contribution in [2.45, 2.75) is 12.8 Å². The van der Waals surface area contributed by atoms with Gasteiger partial charge in [-0.05, 0) is 24.3 Å². The number of rotatable bonds is 3. The number of thiophene rings is 1. The molecule has 0 spiro atoms. The van der Waals surface area contributed by atoms with Crippen LogP contribution in [0.5, 0.6) is 0 Å². The monoisotopic (exact) mass is 306 g/mol. The van der Waals surface area contributed by atoms with Crippen LogP contribution < -0.4 is 0 Å². The summed E-state index contributed by atoms with van der Waals surface area (Å²) >= 11 is 1.47. The lowest BCUT2D eigenvalue weighted by molar-refractivity contribution is -0.143. The van der Waals surface area contributed by atoms with Crippen LogP contribution in [-0.4, -0.2) is 40.0 Å². The Balaban J connectivity index is 1.83. The van der Waals surface area contributed by atoms with Crippen molar-refractivity contribution in [2.24, 2.45) is 5.92 Å². The number of carbonyl (C=O) groups excluding carboxylic acids is 1. The lowest BCUT2D eigenvalue weighted by Gasteiger charge is -2.30. The van der Waals surface area contributed by atoms with E-state index in [1.165, 1.54) is 17.7 Å². The fourth-order valence-corrected chi connectivity index (χ4v) is 3.21. The summed E-state index contributed by atoms with van der Waals surface area (Å²) < 4.78 is 5.33. The van der Waals surface area contributed by atoms with Crippen LogP contribution in [0.1, 0.15) is 23.3 Å². The molecular weight excluding hydrogens is 292 g/mol. The number of piperidine rings is 1. The molecule has 6 nitrogen and oxygen atoms in total. The third-order valence-electron chi connectivity index (χ3n) is 3.57. The van der Waals surface area contributed by atoms with Crippen molar-refractivity contribution >= 4 is 23.2 Å². The van der Waals surface area contributed by atoms with Gasteiger partial charge in [-0.1, -0.05) is 6.07 Å². The molecule has 0 bridgehead atoms. The smallest absolute Gasteiger partial charge is 0.308 e. The summed E-state index contributed by atoms with van der Waals surface area (Å²) in [6, 6.07) is 3.73. The van der Waals surface area contributed by atoms with Gasteiger partial charge >= 0.3 is 5.97 Å². The summed E-state index contributed by atoms with van der Waals surface area (Å²) in [5.41, 5.74) is 0.253. The summed E-state index contributed by atoms with van der Waals surface area (Å²) in [4.78, 5) is 30.1. The van der Waals surface area contributed by atoms with Gasteiger partial charge in [0.25, 0.3) is 5.91 Å². The summed E-state index contributed by atoms with van der Waals surface area (Å²) in [5, 5.41) is 11.0. The fourth-order valence-electron chi connectivity index (χ4n) is 2.49. The van der Waals surface area contributed by atoms with Crippen molar-refractivity contribution < 1.29 is 19.1 Å². The Morgan fingerprint density at radius 3 is 3.05 bits per heavy atom. The Hall–Kier alpha value is -2.15. The number of hydrogen-bond acceptors (Lipinski definition) is 5. The average molecular weight is 306 g/mol. The summed E-state index contributed by atoms with van der Waals surface area (Å²) in [5.74, 6) is -1.17. The highest BCUT2D eigenvalue weighted by molar-refractivity contribution is 7.13. The van der Waals surface area contributed by atoms with Crippen LogP contribution >= 0.6 is 11.3 Å². The van der Waals surface area contributed by atoms with Crippen molar-refractivity contribution in [3.8, 4) is 10.6 Å². The molecule has 0 aliphatic carbocycles. The van der Waals surface area contributed by atoms with E-state index < -0.39 is 11.9 Å². The minimum Gasteiger partial charge on any atom is -0.481 e. The van der Waals surface area contributed by atoms with Gasteiger partial charge in [0, 0.05) is 13.1 Å². The van der Waals surface area contributed by atoms with Crippen molar-refractivity contribution in [2.75, 3.05) is 13.1 Å². The molecule has 0 saturated carbocycles. The molecule has 1 fully saturated rings. The average Bonchev–Trinajstić information content (AvgIpc) is 3.17. The number of aliphatic carboxylic acids is 1. The molecule has 1 aliphatic heterocycles. The largest absolute Gasteiger partial charge is 0.481 e. The molecule has 1 amide bonds. The van der Waals surface area contributed by atoms with Gasteiger partial charge in [-0.15, -0.1) is 11.3 Å². The van der Waals surface area contributed by atoms with E-state index in [1.807, 2.05) is 17.5 Å². The standard InChI is InChI=1S/C14H14N2O4S/c17-13(16-5-1-3-9(7-16)14(18)19)11-12(20-8-15-11)10-4-2-6-21-10/h2,4,6,8-9H,1,3,5,7H2,(H,18,19)/t9-/m0/s1. The first kappa shape index (κ1) is 13.8. The second-order valence-corrected chi connectivity index (χ2v) is 5.88. The highest BCUT2D eigenvalue weighted by Crippen LogP contribution is 2.29. The summed E-state index contributed by atoms with van der Waals surface area (Å²) in [7, 11) is 0. The zero-order valence-electron chi connectivity index (χ0n) is 11.2. The van der Waals surface area contributed by atoms with Gasteiger partial charge in [0.2, 0.25) is 0 Å². The van der Waals surface area contributed by atoms with Gasteiger partial charge in [0.1, 0.15) is 0 Å². The lowest BCUT2D eigenvalue weighted by atomic mass is 9.98. The third-order valence-corrected chi connectivity index (χ3v) is 4.44. The topological polar surface area (TPSA) is 83.6 Å². The minimum atomic E-state index is -0.855. The number of oxazole rings is 1. The fraction of sp³-hybridized carbons (Fsp3) is 0.357. The zero-order valence-corrected chi connectivity index (χ0v) is 12.0. The van der Waals surface area contributed by atoms with E-state index in [4.69, 9.17) is 9.52 Å². The van der Waals surface area contributed by atoms with Crippen LogP contribution in [0.3, 0.4) is 0 Å². The molecule has 0 radical (unpaired) electrons. The number of hydrogen-bond donors (Lipinski definition) is 1. The maximum atomic E-state index is 12.6. The molecule has 3 heterocycles. The van der Waals surface area contributed by atoms with Crippen LogP contribution in [0.2, 0.25) is 0 Å². The molecule has 7 heteroatoms. The van der Waals surface area contributed by atoms with E-state index in [9.17, 15) is 9.59 Å². The summed E-state index contributed by atoms with van der Waals surface area (Å²) in [6.07, 6.45) is 2.55. The Labute approximate surface area is 125 Å². The quantitative estimate of drug-likeness (QED) is 0.941. The van der Waals surface area contributed by atoms with Gasteiger partial charge in [0.05, 0.1) is 10.8 Å². The molecule has 0 aromatic carbocycles. The number of carbonyl (C=O) groups is 2. The van der Waals surface area contributed by atoms with Gasteiger partial charge in [0.15, 0.2) is 17.8 Å². The maximum Gasteiger partial charge on any atom is 0.308 e. The summed E-state index contributed by atoms with van der Waals surface area (Å²) in [6.45, 7) is 0.782. The lowest BCUT2D eigenvalue weighted by Crippen LogP contribution is -2.42. The molecule has 1 aliphatic rings.